The molecule has 2 aliphatic carbocycles. The average Bonchev–Trinajstić information content (AvgIpc) is 3.23. The number of aromatic nitrogens is 3. The summed E-state index contributed by atoms with van der Waals surface area (Å²) in [7, 11) is 0. The number of rotatable bonds is 5. The van der Waals surface area contributed by atoms with Crippen LogP contribution in [0.2, 0.25) is 0 Å². The summed E-state index contributed by atoms with van der Waals surface area (Å²) in [5.74, 6) is 0.924. The lowest BCUT2D eigenvalue weighted by molar-refractivity contribution is -0.274. The van der Waals surface area contributed by atoms with Crippen molar-refractivity contribution in [3.63, 3.8) is 0 Å². The molecule has 0 unspecified atom stereocenters. The van der Waals surface area contributed by atoms with Gasteiger partial charge in [0.15, 0.2) is 11.6 Å². The summed E-state index contributed by atoms with van der Waals surface area (Å²) in [5.41, 5.74) is 7.94. The molecule has 4 fully saturated rings. The molecule has 7 nitrogen and oxygen atoms in total. The van der Waals surface area contributed by atoms with Gasteiger partial charge in [-0.2, -0.15) is 5.10 Å². The second-order valence-corrected chi connectivity index (χ2v) is 10.7. The van der Waals surface area contributed by atoms with Gasteiger partial charge in [0.05, 0.1) is 11.3 Å². The first-order valence-corrected chi connectivity index (χ1v) is 12.1. The Kier molecular flexibility index (Phi) is 4.94. The van der Waals surface area contributed by atoms with Gasteiger partial charge >= 0.3 is 6.36 Å². The molecule has 2 saturated heterocycles. The maximum Gasteiger partial charge on any atom is 0.573 e. The van der Waals surface area contributed by atoms with E-state index >= 15 is 0 Å². The van der Waals surface area contributed by atoms with Gasteiger partial charge in [-0.3, -0.25) is 9.58 Å². The number of anilines is 1. The molecule has 4 heterocycles. The highest BCUT2D eigenvalue weighted by Crippen LogP contribution is 2.64. The molecule has 4 atom stereocenters. The van der Waals surface area contributed by atoms with E-state index in [1.54, 1.807) is 0 Å². The summed E-state index contributed by atoms with van der Waals surface area (Å²) < 4.78 is 50.3. The number of likely N-dealkylation sites (tertiary alicyclic amines) is 1. The van der Waals surface area contributed by atoms with Crippen LogP contribution in [0.3, 0.4) is 0 Å². The van der Waals surface area contributed by atoms with Crippen molar-refractivity contribution in [2.75, 3.05) is 25.4 Å². The van der Waals surface area contributed by atoms with Gasteiger partial charge in [0, 0.05) is 55.2 Å². The van der Waals surface area contributed by atoms with Crippen molar-refractivity contribution < 1.29 is 22.6 Å². The van der Waals surface area contributed by atoms with Crippen molar-refractivity contribution in [2.45, 2.75) is 69.5 Å². The first kappa shape index (κ1) is 22.2. The van der Waals surface area contributed by atoms with Crippen molar-refractivity contribution in [2.24, 2.45) is 11.8 Å². The van der Waals surface area contributed by atoms with Crippen molar-refractivity contribution >= 4 is 5.82 Å². The first-order valence-electron chi connectivity index (χ1n) is 12.1. The van der Waals surface area contributed by atoms with Gasteiger partial charge in [-0.15, -0.1) is 13.2 Å². The van der Waals surface area contributed by atoms with Crippen LogP contribution in [0.4, 0.5) is 19.0 Å². The van der Waals surface area contributed by atoms with Crippen molar-refractivity contribution in [1.82, 2.24) is 19.7 Å². The molecule has 0 aromatic carbocycles. The summed E-state index contributed by atoms with van der Waals surface area (Å²) in [5, 5.41) is 4.74. The Morgan fingerprint density at radius 3 is 2.56 bits per heavy atom. The third-order valence-electron chi connectivity index (χ3n) is 8.10. The van der Waals surface area contributed by atoms with Gasteiger partial charge in [-0.25, -0.2) is 4.98 Å². The van der Waals surface area contributed by atoms with E-state index < -0.39 is 12.1 Å². The van der Waals surface area contributed by atoms with E-state index in [2.05, 4.69) is 28.5 Å². The van der Waals surface area contributed by atoms with Gasteiger partial charge in [-0.05, 0) is 63.5 Å². The molecule has 2 aliphatic heterocycles. The maximum atomic E-state index is 12.7. The highest BCUT2D eigenvalue weighted by molar-refractivity contribution is 5.64. The number of hydrogen-bond donors (Lipinski definition) is 1. The van der Waals surface area contributed by atoms with Crippen LogP contribution in [0.1, 0.15) is 57.2 Å². The second kappa shape index (κ2) is 7.58. The molecule has 0 amide bonds. The fourth-order valence-corrected chi connectivity index (χ4v) is 6.52. The third kappa shape index (κ3) is 3.75. The molecule has 6 rings (SSSR count). The van der Waals surface area contributed by atoms with E-state index in [4.69, 9.17) is 15.6 Å². The van der Waals surface area contributed by atoms with Crippen LogP contribution in [0.25, 0.3) is 11.3 Å². The SMILES string of the molecule is CC(C)n1nc(-c2cnc(N)c(OC(F)(F)F)c2)cc1[C@H]1[C@@H]2C[C@@H](N3CC4(CCCO4)C3)C[C@@H]21. The summed E-state index contributed by atoms with van der Waals surface area (Å²) >= 11 is 0. The van der Waals surface area contributed by atoms with E-state index in [9.17, 15) is 13.2 Å². The highest BCUT2D eigenvalue weighted by atomic mass is 19.4. The number of halogens is 3. The number of nitrogen functional groups attached to an aromatic ring is 1. The molecule has 0 radical (unpaired) electrons. The van der Waals surface area contributed by atoms with Crippen molar-refractivity contribution in [1.29, 1.82) is 0 Å². The van der Waals surface area contributed by atoms with E-state index in [1.807, 2.05) is 10.7 Å². The molecule has 2 saturated carbocycles. The molecule has 2 N–H and O–H groups in total. The zero-order valence-corrected chi connectivity index (χ0v) is 19.4. The molecule has 184 valence electrons. The number of ether oxygens (including phenoxy) is 2. The minimum Gasteiger partial charge on any atom is -0.402 e. The minimum absolute atomic E-state index is 0.138. The number of fused-ring (bicyclic) bond motifs is 1. The largest absolute Gasteiger partial charge is 0.573 e. The Morgan fingerprint density at radius 2 is 1.94 bits per heavy atom. The number of hydrogen-bond acceptors (Lipinski definition) is 6. The number of pyridine rings is 1. The molecule has 4 aliphatic rings. The van der Waals surface area contributed by atoms with E-state index in [-0.39, 0.29) is 17.5 Å². The molecule has 10 heteroatoms. The lowest BCUT2D eigenvalue weighted by atomic mass is 9.88. The topological polar surface area (TPSA) is 78.4 Å². The minimum atomic E-state index is -4.83. The van der Waals surface area contributed by atoms with E-state index in [1.165, 1.54) is 37.9 Å². The smallest absolute Gasteiger partial charge is 0.402 e. The van der Waals surface area contributed by atoms with Gasteiger partial charge in [0.25, 0.3) is 0 Å². The molecule has 0 bridgehead atoms. The van der Waals surface area contributed by atoms with Crippen LogP contribution in [0.5, 0.6) is 5.75 Å². The lowest BCUT2D eigenvalue weighted by Crippen LogP contribution is -2.64. The van der Waals surface area contributed by atoms with Crippen molar-refractivity contribution in [3.05, 3.63) is 24.0 Å². The fraction of sp³-hybridized carbons (Fsp3) is 0.667. The monoisotopic (exact) mass is 477 g/mol. The first-order chi connectivity index (χ1) is 16.1. The zero-order chi connectivity index (χ0) is 23.8. The van der Waals surface area contributed by atoms with Gasteiger partial charge in [0.2, 0.25) is 0 Å². The Hall–Kier alpha value is -2.33. The lowest BCUT2D eigenvalue weighted by Gasteiger charge is -2.50. The second-order valence-electron chi connectivity index (χ2n) is 10.7. The quantitative estimate of drug-likeness (QED) is 0.689. The van der Waals surface area contributed by atoms with Gasteiger partial charge in [-0.1, -0.05) is 0 Å². The van der Waals surface area contributed by atoms with Gasteiger partial charge in [0.1, 0.15) is 0 Å². The normalized spacial score (nSPS) is 30.1. The Balaban J connectivity index is 1.18. The summed E-state index contributed by atoms with van der Waals surface area (Å²) in [6.45, 7) is 7.19. The molecule has 2 aromatic rings. The fourth-order valence-electron chi connectivity index (χ4n) is 6.52. The van der Waals surface area contributed by atoms with Gasteiger partial charge < -0.3 is 15.2 Å². The zero-order valence-electron chi connectivity index (χ0n) is 19.4. The number of nitrogens with two attached hydrogens (primary N) is 1. The Bertz CT molecular complexity index is 1070. The van der Waals surface area contributed by atoms with Crippen LogP contribution < -0.4 is 10.5 Å². The van der Waals surface area contributed by atoms with Crippen LogP contribution in [0, 0.1) is 11.8 Å². The van der Waals surface area contributed by atoms with Crippen molar-refractivity contribution in [3.8, 4) is 17.0 Å². The predicted octanol–water partition coefficient (Wildman–Crippen LogP) is 4.36. The Morgan fingerprint density at radius 1 is 1.21 bits per heavy atom. The predicted molar refractivity (Wildman–Crippen MR) is 119 cm³/mol. The van der Waals surface area contributed by atoms with E-state index in [0.29, 0.717) is 35.1 Å². The molecule has 1 spiro atoms. The summed E-state index contributed by atoms with van der Waals surface area (Å²) in [6, 6.07) is 4.05. The third-order valence-corrected chi connectivity index (χ3v) is 8.10. The van der Waals surface area contributed by atoms with Crippen LogP contribution >= 0.6 is 0 Å². The molecule has 34 heavy (non-hydrogen) atoms. The summed E-state index contributed by atoms with van der Waals surface area (Å²) in [4.78, 5) is 6.50. The average molecular weight is 478 g/mol. The number of nitrogens with zero attached hydrogens (tertiary/aromatic N) is 4. The van der Waals surface area contributed by atoms with E-state index in [0.717, 1.165) is 25.4 Å². The molecular weight excluding hydrogens is 447 g/mol. The number of alkyl halides is 3. The van der Waals surface area contributed by atoms with Crippen LogP contribution in [-0.4, -0.2) is 57.4 Å². The maximum absolute atomic E-state index is 12.7. The molecular formula is C24H30F3N5O2. The molecule has 2 aromatic heterocycles. The van der Waals surface area contributed by atoms with Crippen LogP contribution in [0.15, 0.2) is 18.3 Å². The standard InChI is InChI=1S/C24H30F3N5O2/c1-13(2)32-19(9-18(30-32)14-6-20(22(28)29-10-14)34-24(25,26)27)21-16-7-15(8-17(16)21)31-11-23(12-31)4-3-5-33-23/h6,9-10,13,15-17,21H,3-5,7-8,11-12H2,1-2H3,(H2,28,29)/t15-,16-,17+,21+. The highest BCUT2D eigenvalue weighted by Gasteiger charge is 2.61. The summed E-state index contributed by atoms with van der Waals surface area (Å²) in [6.07, 6.45) is 1.37. The van der Waals surface area contributed by atoms with Crippen LogP contribution in [-0.2, 0) is 4.74 Å². The Labute approximate surface area is 196 Å².